The van der Waals surface area contributed by atoms with Crippen molar-refractivity contribution in [3.05, 3.63) is 89.3 Å². The van der Waals surface area contributed by atoms with E-state index in [0.29, 0.717) is 6.04 Å². The van der Waals surface area contributed by atoms with Gasteiger partial charge in [-0.3, -0.25) is 4.99 Å². The summed E-state index contributed by atoms with van der Waals surface area (Å²) in [6, 6.07) is 15.2. The number of nitrogens with one attached hydrogen (secondary N) is 1. The van der Waals surface area contributed by atoms with Gasteiger partial charge in [0.1, 0.15) is 5.82 Å². The lowest BCUT2D eigenvalue weighted by atomic mass is 9.97. The summed E-state index contributed by atoms with van der Waals surface area (Å²) < 4.78 is 0. The molecule has 1 unspecified atom stereocenters. The van der Waals surface area contributed by atoms with Crippen molar-refractivity contribution in [1.82, 2.24) is 10.3 Å². The van der Waals surface area contributed by atoms with E-state index >= 15 is 0 Å². The number of pyridine rings is 1. The van der Waals surface area contributed by atoms with E-state index in [-0.39, 0.29) is 0 Å². The van der Waals surface area contributed by atoms with E-state index in [4.69, 9.17) is 4.98 Å². The summed E-state index contributed by atoms with van der Waals surface area (Å²) in [4.78, 5) is 11.6. The lowest BCUT2D eigenvalue weighted by molar-refractivity contribution is 0.469. The highest BCUT2D eigenvalue weighted by Gasteiger charge is 2.23. The second-order valence-corrected chi connectivity index (χ2v) is 7.53. The fraction of sp³-hybridized carbons (Fsp3) is 0.308. The first-order chi connectivity index (χ1) is 14.6. The van der Waals surface area contributed by atoms with Crippen LogP contribution in [-0.2, 0) is 6.42 Å². The first-order valence-electron chi connectivity index (χ1n) is 10.6. The molecule has 1 saturated heterocycles. The Morgan fingerprint density at radius 3 is 2.70 bits per heavy atom. The molecule has 30 heavy (non-hydrogen) atoms. The van der Waals surface area contributed by atoms with Gasteiger partial charge < -0.3 is 10.2 Å². The highest BCUT2D eigenvalue weighted by molar-refractivity contribution is 5.81. The zero-order valence-corrected chi connectivity index (χ0v) is 18.4. The molecule has 2 heterocycles. The van der Waals surface area contributed by atoms with Crippen LogP contribution in [0.25, 0.3) is 5.57 Å². The number of aromatic nitrogens is 1. The Morgan fingerprint density at radius 1 is 1.27 bits per heavy atom. The predicted octanol–water partition coefficient (Wildman–Crippen LogP) is 5.36. The summed E-state index contributed by atoms with van der Waals surface area (Å²) in [6.07, 6.45) is 4.95. The van der Waals surface area contributed by atoms with E-state index in [1.807, 2.05) is 26.0 Å². The number of hydrogen-bond donors (Lipinski definition) is 1. The molecule has 4 heteroatoms. The third-order valence-electron chi connectivity index (χ3n) is 5.62. The van der Waals surface area contributed by atoms with Crippen LogP contribution in [0, 0.1) is 0 Å². The van der Waals surface area contributed by atoms with Gasteiger partial charge in [-0.15, -0.1) is 0 Å². The van der Waals surface area contributed by atoms with E-state index in [1.165, 1.54) is 11.1 Å². The summed E-state index contributed by atoms with van der Waals surface area (Å²) in [5, 5.41) is 3.63. The van der Waals surface area contributed by atoms with Crippen LogP contribution in [0.3, 0.4) is 0 Å². The number of nitrogens with zero attached hydrogens (tertiary/aromatic N) is 3. The number of anilines is 1. The van der Waals surface area contributed by atoms with Gasteiger partial charge in [0.05, 0.1) is 5.69 Å². The van der Waals surface area contributed by atoms with Crippen LogP contribution in [0.1, 0.15) is 43.6 Å². The standard InChI is InChI=1S/C26H32N4/c1-6-11-23(20(4)27-5)19(3)26-21(7-2)14-15-25(29-26)30-17-16-28-24(18-30)22-12-9-8-10-13-22/h6,8-15,24,28H,3,5,7,16-18H2,1-2,4H3/b11-6-,23-20+. The van der Waals surface area contributed by atoms with Crippen molar-refractivity contribution in [1.29, 1.82) is 0 Å². The molecule has 156 valence electrons. The van der Waals surface area contributed by atoms with Crippen LogP contribution < -0.4 is 10.2 Å². The van der Waals surface area contributed by atoms with Gasteiger partial charge in [-0.05, 0) is 44.2 Å². The first-order valence-corrected chi connectivity index (χ1v) is 10.6. The van der Waals surface area contributed by atoms with Gasteiger partial charge in [-0.2, -0.15) is 0 Å². The maximum atomic E-state index is 5.08. The number of hydrogen-bond acceptors (Lipinski definition) is 4. The normalized spacial score (nSPS) is 17.7. The molecule has 0 amide bonds. The van der Waals surface area contributed by atoms with Gasteiger partial charge in [0.2, 0.25) is 0 Å². The minimum absolute atomic E-state index is 0.296. The molecule has 1 aliphatic rings. The van der Waals surface area contributed by atoms with Crippen molar-refractivity contribution in [2.24, 2.45) is 4.99 Å². The SMILES string of the molecule is C=N/C(C)=C(\C=C/C)C(=C)c1nc(N2CCNC(c3ccccc3)C2)ccc1CC. The lowest BCUT2D eigenvalue weighted by Crippen LogP contribution is -2.46. The Balaban J connectivity index is 1.94. The van der Waals surface area contributed by atoms with Crippen molar-refractivity contribution in [2.75, 3.05) is 24.5 Å². The molecule has 1 aromatic carbocycles. The summed E-state index contributed by atoms with van der Waals surface area (Å²) in [5.74, 6) is 0.995. The number of allylic oxidation sites excluding steroid dienone is 5. The van der Waals surface area contributed by atoms with Crippen molar-refractivity contribution in [3.8, 4) is 0 Å². The molecule has 0 bridgehead atoms. The lowest BCUT2D eigenvalue weighted by Gasteiger charge is -2.35. The molecular formula is C26H32N4. The third-order valence-corrected chi connectivity index (χ3v) is 5.62. The minimum atomic E-state index is 0.296. The van der Waals surface area contributed by atoms with Gasteiger partial charge in [-0.25, -0.2) is 4.98 Å². The molecule has 4 nitrogen and oxygen atoms in total. The Kier molecular flexibility index (Phi) is 7.36. The van der Waals surface area contributed by atoms with Crippen LogP contribution in [0.2, 0.25) is 0 Å². The molecule has 1 aromatic heterocycles. The molecule has 1 aliphatic heterocycles. The first kappa shape index (κ1) is 21.7. The Labute approximate surface area is 180 Å². The molecular weight excluding hydrogens is 368 g/mol. The van der Waals surface area contributed by atoms with Crippen LogP contribution >= 0.6 is 0 Å². The highest BCUT2D eigenvalue weighted by Crippen LogP contribution is 2.30. The van der Waals surface area contributed by atoms with Crippen LogP contribution in [0.5, 0.6) is 0 Å². The van der Waals surface area contributed by atoms with E-state index in [9.17, 15) is 0 Å². The molecule has 0 radical (unpaired) electrons. The van der Waals surface area contributed by atoms with Crippen LogP contribution in [0.15, 0.2) is 77.5 Å². The topological polar surface area (TPSA) is 40.5 Å². The fourth-order valence-corrected chi connectivity index (χ4v) is 3.89. The second-order valence-electron chi connectivity index (χ2n) is 7.53. The van der Waals surface area contributed by atoms with E-state index in [2.05, 4.69) is 77.9 Å². The number of benzene rings is 1. The van der Waals surface area contributed by atoms with Crippen molar-refractivity contribution < 1.29 is 0 Å². The molecule has 0 spiro atoms. The van der Waals surface area contributed by atoms with Gasteiger partial charge in [0.25, 0.3) is 0 Å². The Hall–Kier alpha value is -2.98. The summed E-state index contributed by atoms with van der Waals surface area (Å²) in [6.45, 7) is 16.9. The molecule has 1 N–H and O–H groups in total. The average Bonchev–Trinajstić information content (AvgIpc) is 2.81. The van der Waals surface area contributed by atoms with Crippen molar-refractivity contribution in [2.45, 2.75) is 33.2 Å². The van der Waals surface area contributed by atoms with Crippen LogP contribution in [-0.4, -0.2) is 31.3 Å². The van der Waals surface area contributed by atoms with Crippen LogP contribution in [0.4, 0.5) is 5.82 Å². The van der Waals surface area contributed by atoms with Gasteiger partial charge in [0.15, 0.2) is 0 Å². The summed E-state index contributed by atoms with van der Waals surface area (Å²) in [5.41, 5.74) is 6.18. The molecule has 1 fully saturated rings. The minimum Gasteiger partial charge on any atom is -0.353 e. The quantitative estimate of drug-likeness (QED) is 0.502. The second kappa shape index (κ2) is 10.2. The molecule has 0 saturated carbocycles. The number of aryl methyl sites for hydroxylation is 1. The zero-order valence-electron chi connectivity index (χ0n) is 18.4. The molecule has 1 atom stereocenters. The third kappa shape index (κ3) is 4.77. The van der Waals surface area contributed by atoms with Gasteiger partial charge in [-0.1, -0.05) is 62.1 Å². The maximum Gasteiger partial charge on any atom is 0.129 e. The zero-order chi connectivity index (χ0) is 21.5. The average molecular weight is 401 g/mol. The summed E-state index contributed by atoms with van der Waals surface area (Å²) in [7, 11) is 0. The van der Waals surface area contributed by atoms with E-state index in [0.717, 1.165) is 54.4 Å². The Morgan fingerprint density at radius 2 is 2.03 bits per heavy atom. The molecule has 0 aliphatic carbocycles. The van der Waals surface area contributed by atoms with E-state index < -0.39 is 0 Å². The predicted molar refractivity (Wildman–Crippen MR) is 129 cm³/mol. The van der Waals surface area contributed by atoms with E-state index in [1.54, 1.807) is 0 Å². The number of piperazine rings is 1. The molecule has 3 rings (SSSR count). The number of rotatable bonds is 7. The number of aliphatic imine (C=N–C) groups is 1. The van der Waals surface area contributed by atoms with Gasteiger partial charge >= 0.3 is 0 Å². The monoisotopic (exact) mass is 400 g/mol. The fourth-order valence-electron chi connectivity index (χ4n) is 3.89. The molecule has 2 aromatic rings. The Bertz CT molecular complexity index is 956. The maximum absolute atomic E-state index is 5.08. The van der Waals surface area contributed by atoms with Gasteiger partial charge in [0, 0.05) is 42.5 Å². The largest absolute Gasteiger partial charge is 0.353 e. The summed E-state index contributed by atoms with van der Waals surface area (Å²) >= 11 is 0. The van der Waals surface area contributed by atoms with Crippen molar-refractivity contribution >= 4 is 18.1 Å². The highest BCUT2D eigenvalue weighted by atomic mass is 15.2. The smallest absolute Gasteiger partial charge is 0.129 e. The van der Waals surface area contributed by atoms with Crippen molar-refractivity contribution in [3.63, 3.8) is 0 Å².